The average Bonchev–Trinajstić information content (AvgIpc) is 3.37. The second-order valence-corrected chi connectivity index (χ2v) is 8.49. The number of hydrogen-bond acceptors (Lipinski definition) is 5. The van der Waals surface area contributed by atoms with Crippen LogP contribution in [0.5, 0.6) is 0 Å². The van der Waals surface area contributed by atoms with Gasteiger partial charge in [0.2, 0.25) is 5.91 Å². The molecule has 182 valence electrons. The number of benzene rings is 2. The lowest BCUT2D eigenvalue weighted by molar-refractivity contribution is -0.118. The van der Waals surface area contributed by atoms with Crippen LogP contribution in [0.25, 0.3) is 11.1 Å². The normalized spacial score (nSPS) is 13.0. The highest BCUT2D eigenvalue weighted by atomic mass is 16.5. The van der Waals surface area contributed by atoms with E-state index in [1.165, 1.54) is 13.2 Å². The number of nitrogens with zero attached hydrogens (tertiary/aromatic N) is 2. The molecule has 0 aliphatic heterocycles. The third-order valence-electron chi connectivity index (χ3n) is 6.20. The van der Waals surface area contributed by atoms with E-state index >= 15 is 0 Å². The number of carboxylic acid groups (broad SMARTS) is 1. The van der Waals surface area contributed by atoms with Gasteiger partial charge >= 0.3 is 12.1 Å². The van der Waals surface area contributed by atoms with Gasteiger partial charge in [0.1, 0.15) is 12.6 Å². The Morgan fingerprint density at radius 1 is 1.09 bits per heavy atom. The highest BCUT2D eigenvalue weighted by Gasteiger charge is 2.30. The zero-order valence-electron chi connectivity index (χ0n) is 19.7. The molecule has 9 heteroatoms. The Morgan fingerprint density at radius 3 is 2.31 bits per heavy atom. The quantitative estimate of drug-likeness (QED) is 0.426. The van der Waals surface area contributed by atoms with Gasteiger partial charge in [-0.2, -0.15) is 5.10 Å². The highest BCUT2D eigenvalue weighted by Crippen LogP contribution is 2.44. The molecule has 1 aliphatic carbocycles. The van der Waals surface area contributed by atoms with Crippen LogP contribution in [0.2, 0.25) is 0 Å². The molecule has 1 aromatic heterocycles. The molecular formula is C26H28N4O5. The van der Waals surface area contributed by atoms with Crippen molar-refractivity contribution in [1.82, 2.24) is 15.1 Å². The van der Waals surface area contributed by atoms with E-state index in [9.17, 15) is 19.5 Å². The Hall–Kier alpha value is -4.14. The van der Waals surface area contributed by atoms with Crippen LogP contribution in [0.3, 0.4) is 0 Å². The van der Waals surface area contributed by atoms with E-state index in [-0.39, 0.29) is 23.9 Å². The molecule has 1 unspecified atom stereocenters. The number of carboxylic acids is 1. The summed E-state index contributed by atoms with van der Waals surface area (Å²) < 4.78 is 6.74. The van der Waals surface area contributed by atoms with Gasteiger partial charge in [-0.25, -0.2) is 9.59 Å². The molecule has 3 aromatic rings. The summed E-state index contributed by atoms with van der Waals surface area (Å²) in [6.45, 7) is 2.11. The van der Waals surface area contributed by atoms with E-state index in [1.54, 1.807) is 0 Å². The summed E-state index contributed by atoms with van der Waals surface area (Å²) >= 11 is 0. The highest BCUT2D eigenvalue weighted by molar-refractivity contribution is 6.01. The summed E-state index contributed by atoms with van der Waals surface area (Å²) in [4.78, 5) is 37.1. The monoisotopic (exact) mass is 476 g/mol. The number of carbonyl (C=O) groups excluding carboxylic acids is 2. The van der Waals surface area contributed by atoms with Gasteiger partial charge in [-0.3, -0.25) is 9.48 Å². The van der Waals surface area contributed by atoms with E-state index in [2.05, 4.69) is 27.9 Å². The molecule has 4 rings (SSSR count). The first-order chi connectivity index (χ1) is 16.9. The second-order valence-electron chi connectivity index (χ2n) is 8.49. The molecule has 9 nitrogen and oxygen atoms in total. The van der Waals surface area contributed by atoms with E-state index in [4.69, 9.17) is 4.74 Å². The number of carbonyl (C=O) groups is 3. The van der Waals surface area contributed by atoms with E-state index in [1.807, 2.05) is 43.3 Å². The lowest BCUT2D eigenvalue weighted by Gasteiger charge is -2.19. The van der Waals surface area contributed by atoms with Crippen molar-refractivity contribution in [3.8, 4) is 11.1 Å². The zero-order chi connectivity index (χ0) is 24.9. The Morgan fingerprint density at radius 2 is 1.71 bits per heavy atom. The molecule has 0 spiro atoms. The number of ether oxygens (including phenoxy) is 1. The predicted octanol–water partition coefficient (Wildman–Crippen LogP) is 4.15. The van der Waals surface area contributed by atoms with Gasteiger partial charge < -0.3 is 20.5 Å². The summed E-state index contributed by atoms with van der Waals surface area (Å²) in [5.74, 6) is -1.83. The summed E-state index contributed by atoms with van der Waals surface area (Å²) in [6, 6.07) is 15.2. The van der Waals surface area contributed by atoms with Gasteiger partial charge in [-0.1, -0.05) is 68.3 Å². The van der Waals surface area contributed by atoms with Gasteiger partial charge in [0.05, 0.1) is 11.9 Å². The fraction of sp³-hybridized carbons (Fsp3) is 0.308. The molecule has 0 radical (unpaired) electrons. The number of unbranched alkanes of at least 4 members (excludes halogenated alkanes) is 1. The number of amides is 2. The Labute approximate surface area is 203 Å². The smallest absolute Gasteiger partial charge is 0.407 e. The maximum atomic E-state index is 12.9. The van der Waals surface area contributed by atoms with Crippen molar-refractivity contribution in [2.75, 3.05) is 11.9 Å². The molecule has 1 atom stereocenters. The number of aromatic nitrogens is 2. The molecule has 0 saturated heterocycles. The summed E-state index contributed by atoms with van der Waals surface area (Å²) in [5, 5.41) is 18.5. The number of hydrogen-bond donors (Lipinski definition) is 3. The minimum atomic E-state index is -1.21. The molecule has 0 bridgehead atoms. The van der Waals surface area contributed by atoms with Crippen LogP contribution >= 0.6 is 0 Å². The molecule has 0 fully saturated rings. The van der Waals surface area contributed by atoms with Crippen molar-refractivity contribution in [2.45, 2.75) is 38.1 Å². The minimum absolute atomic E-state index is 0.0702. The molecule has 0 saturated carbocycles. The predicted molar refractivity (Wildman–Crippen MR) is 130 cm³/mol. The Balaban J connectivity index is 1.43. The van der Waals surface area contributed by atoms with Crippen molar-refractivity contribution in [1.29, 1.82) is 0 Å². The lowest BCUT2D eigenvalue weighted by Crippen LogP contribution is -2.44. The van der Waals surface area contributed by atoms with Crippen molar-refractivity contribution in [3.05, 3.63) is 71.5 Å². The van der Waals surface area contributed by atoms with Crippen LogP contribution in [0, 0.1) is 0 Å². The van der Waals surface area contributed by atoms with Crippen molar-refractivity contribution in [3.63, 3.8) is 0 Å². The lowest BCUT2D eigenvalue weighted by atomic mass is 9.98. The molecule has 35 heavy (non-hydrogen) atoms. The maximum Gasteiger partial charge on any atom is 0.407 e. The van der Waals surface area contributed by atoms with Crippen LogP contribution in [0.1, 0.15) is 53.7 Å². The van der Waals surface area contributed by atoms with Crippen LogP contribution in [0.15, 0.2) is 54.7 Å². The van der Waals surface area contributed by atoms with Gasteiger partial charge in [0, 0.05) is 13.0 Å². The third kappa shape index (κ3) is 5.03. The average molecular weight is 477 g/mol. The van der Waals surface area contributed by atoms with Crippen LogP contribution < -0.4 is 10.6 Å². The fourth-order valence-electron chi connectivity index (χ4n) is 4.46. The van der Waals surface area contributed by atoms with Crippen LogP contribution in [-0.2, 0) is 16.6 Å². The third-order valence-corrected chi connectivity index (χ3v) is 6.20. The number of rotatable bonds is 9. The SMILES string of the molecule is CCCCC(NC(=O)OCC1c2ccccc2-c2ccccc21)C(=O)Nc1cnn(C)c1C(=O)O. The van der Waals surface area contributed by atoms with Crippen molar-refractivity contribution in [2.24, 2.45) is 7.05 Å². The number of alkyl carbamates (subject to hydrolysis) is 1. The maximum absolute atomic E-state index is 12.9. The fourth-order valence-corrected chi connectivity index (χ4v) is 4.46. The van der Waals surface area contributed by atoms with Crippen molar-refractivity contribution >= 4 is 23.7 Å². The number of nitrogens with one attached hydrogen (secondary N) is 2. The minimum Gasteiger partial charge on any atom is -0.476 e. The van der Waals surface area contributed by atoms with Gasteiger partial charge in [-0.05, 0) is 28.7 Å². The van der Waals surface area contributed by atoms with Gasteiger partial charge in [-0.15, -0.1) is 0 Å². The first kappa shape index (κ1) is 24.0. The van der Waals surface area contributed by atoms with Crippen LogP contribution in [0.4, 0.5) is 10.5 Å². The van der Waals surface area contributed by atoms with E-state index in [0.29, 0.717) is 12.8 Å². The molecular weight excluding hydrogens is 448 g/mol. The van der Waals surface area contributed by atoms with Gasteiger partial charge in [0.25, 0.3) is 0 Å². The summed E-state index contributed by atoms with van der Waals surface area (Å²) in [6.07, 6.45) is 2.47. The van der Waals surface area contributed by atoms with Gasteiger partial charge in [0.15, 0.2) is 5.69 Å². The van der Waals surface area contributed by atoms with E-state index in [0.717, 1.165) is 33.4 Å². The first-order valence-corrected chi connectivity index (χ1v) is 11.6. The second kappa shape index (κ2) is 10.4. The van der Waals surface area contributed by atoms with E-state index < -0.39 is 24.0 Å². The molecule has 3 N–H and O–H groups in total. The largest absolute Gasteiger partial charge is 0.476 e. The number of fused-ring (bicyclic) bond motifs is 3. The number of aryl methyl sites for hydroxylation is 1. The summed E-state index contributed by atoms with van der Waals surface area (Å²) in [5.41, 5.74) is 4.37. The molecule has 2 amide bonds. The Kier molecular flexibility index (Phi) is 7.14. The zero-order valence-corrected chi connectivity index (χ0v) is 19.7. The summed E-state index contributed by atoms with van der Waals surface area (Å²) in [7, 11) is 1.47. The first-order valence-electron chi connectivity index (χ1n) is 11.6. The topological polar surface area (TPSA) is 123 Å². The molecule has 1 aliphatic rings. The number of aromatic carboxylic acids is 1. The Bertz CT molecular complexity index is 1210. The van der Waals surface area contributed by atoms with Crippen molar-refractivity contribution < 1.29 is 24.2 Å². The molecule has 2 aromatic carbocycles. The number of anilines is 1. The standard InChI is InChI=1S/C26H28N4O5/c1-3-4-13-21(24(31)28-22-14-27-30(2)23(22)25(32)33)29-26(34)35-15-20-18-11-7-5-9-16(18)17-10-6-8-12-19(17)20/h5-12,14,20-21H,3-4,13,15H2,1-2H3,(H,28,31)(H,29,34)(H,32,33). The van der Waals surface area contributed by atoms with Crippen LogP contribution in [-0.4, -0.2) is 45.5 Å². The molecule has 1 heterocycles.